The van der Waals surface area contributed by atoms with E-state index in [4.69, 9.17) is 5.73 Å². The van der Waals surface area contributed by atoms with Gasteiger partial charge in [0.25, 0.3) is 5.91 Å². The number of anilines is 1. The Kier molecular flexibility index (Phi) is 4.55. The van der Waals surface area contributed by atoms with Gasteiger partial charge in [0, 0.05) is 43.7 Å². The minimum Gasteiger partial charge on any atom is -0.365 e. The predicted octanol–water partition coefficient (Wildman–Crippen LogP) is 2.69. The van der Waals surface area contributed by atoms with Crippen LogP contribution in [0.15, 0.2) is 18.6 Å². The molecule has 1 fully saturated rings. The van der Waals surface area contributed by atoms with Gasteiger partial charge < -0.3 is 10.6 Å². The Balaban J connectivity index is 2.23. The predicted molar refractivity (Wildman–Crippen MR) is 95.1 cm³/mol. The number of carbonyl (C=O) groups excluding carboxylic acids is 1. The van der Waals surface area contributed by atoms with Gasteiger partial charge in [-0.3, -0.25) is 9.48 Å². The second kappa shape index (κ2) is 6.63. The van der Waals surface area contributed by atoms with Crippen molar-refractivity contribution in [1.82, 2.24) is 14.8 Å². The van der Waals surface area contributed by atoms with E-state index in [1.54, 1.807) is 4.68 Å². The molecule has 1 saturated heterocycles. The van der Waals surface area contributed by atoms with E-state index in [1.165, 1.54) is 0 Å². The highest BCUT2D eigenvalue weighted by Crippen LogP contribution is 2.37. The zero-order chi connectivity index (χ0) is 17.3. The van der Waals surface area contributed by atoms with E-state index in [2.05, 4.69) is 28.8 Å². The molecular weight excluding hydrogens is 302 g/mol. The molecule has 0 bridgehead atoms. The van der Waals surface area contributed by atoms with Crippen molar-refractivity contribution in [3.05, 3.63) is 29.7 Å². The lowest BCUT2D eigenvalue weighted by Crippen LogP contribution is -2.26. The molecule has 0 aromatic carbocycles. The first-order chi connectivity index (χ1) is 11.5. The molecule has 6 heteroatoms. The number of rotatable bonds is 5. The molecule has 24 heavy (non-hydrogen) atoms. The number of aryl methyl sites for hydroxylation is 1. The van der Waals surface area contributed by atoms with Gasteiger partial charge >= 0.3 is 0 Å². The molecule has 3 rings (SSSR count). The van der Waals surface area contributed by atoms with Gasteiger partial charge in [0.15, 0.2) is 0 Å². The third kappa shape index (κ3) is 2.88. The van der Waals surface area contributed by atoms with Crippen molar-refractivity contribution in [2.75, 3.05) is 18.0 Å². The van der Waals surface area contributed by atoms with E-state index in [-0.39, 0.29) is 5.92 Å². The summed E-state index contributed by atoms with van der Waals surface area (Å²) in [7, 11) is 1.88. The van der Waals surface area contributed by atoms with E-state index in [9.17, 15) is 4.79 Å². The Bertz CT molecular complexity index is 746. The van der Waals surface area contributed by atoms with Gasteiger partial charge in [0.2, 0.25) is 0 Å². The average molecular weight is 327 g/mol. The van der Waals surface area contributed by atoms with E-state index < -0.39 is 5.91 Å². The van der Waals surface area contributed by atoms with Crippen LogP contribution in [0.3, 0.4) is 0 Å². The number of carbonyl (C=O) groups is 1. The monoisotopic (exact) mass is 327 g/mol. The molecule has 0 saturated carbocycles. The van der Waals surface area contributed by atoms with Crippen molar-refractivity contribution in [3.63, 3.8) is 0 Å². The summed E-state index contributed by atoms with van der Waals surface area (Å²) in [5.41, 5.74) is 9.29. The summed E-state index contributed by atoms with van der Waals surface area (Å²) >= 11 is 0. The summed E-state index contributed by atoms with van der Waals surface area (Å²) in [6.45, 7) is 6.12. The maximum Gasteiger partial charge on any atom is 0.252 e. The van der Waals surface area contributed by atoms with Crippen molar-refractivity contribution in [2.45, 2.75) is 39.0 Å². The van der Waals surface area contributed by atoms with Gasteiger partial charge in [-0.15, -0.1) is 0 Å². The lowest BCUT2D eigenvalue weighted by atomic mass is 9.88. The van der Waals surface area contributed by atoms with E-state index >= 15 is 0 Å². The molecule has 6 nitrogen and oxygen atoms in total. The quantitative estimate of drug-likeness (QED) is 0.916. The van der Waals surface area contributed by atoms with Gasteiger partial charge in [-0.2, -0.15) is 5.10 Å². The summed E-state index contributed by atoms with van der Waals surface area (Å²) in [6, 6.07) is 0. The third-order valence-corrected chi connectivity index (χ3v) is 4.87. The first-order valence-corrected chi connectivity index (χ1v) is 8.59. The normalized spacial score (nSPS) is 15.7. The largest absolute Gasteiger partial charge is 0.365 e. The van der Waals surface area contributed by atoms with Crippen LogP contribution in [0.1, 0.15) is 54.9 Å². The van der Waals surface area contributed by atoms with Crippen molar-refractivity contribution < 1.29 is 4.79 Å². The number of pyridine rings is 1. The highest BCUT2D eigenvalue weighted by atomic mass is 16.1. The Morgan fingerprint density at radius 1 is 1.33 bits per heavy atom. The summed E-state index contributed by atoms with van der Waals surface area (Å²) < 4.78 is 1.76. The summed E-state index contributed by atoms with van der Waals surface area (Å²) in [6.07, 6.45) is 8.81. The Morgan fingerprint density at radius 2 is 2.04 bits per heavy atom. The summed E-state index contributed by atoms with van der Waals surface area (Å²) in [5.74, 6) is 0.556. The molecule has 1 atom stereocenters. The Hall–Kier alpha value is -2.37. The summed E-state index contributed by atoms with van der Waals surface area (Å²) in [5, 5.41) is 4.26. The molecule has 0 spiro atoms. The van der Waals surface area contributed by atoms with Gasteiger partial charge in [0.05, 0.1) is 11.8 Å². The van der Waals surface area contributed by atoms with Crippen LogP contribution in [-0.4, -0.2) is 33.8 Å². The lowest BCUT2D eigenvalue weighted by Gasteiger charge is -2.24. The fraction of sp³-hybridized carbons (Fsp3) is 0.500. The number of primary amides is 1. The highest BCUT2D eigenvalue weighted by Gasteiger charge is 2.27. The van der Waals surface area contributed by atoms with Crippen LogP contribution >= 0.6 is 0 Å². The van der Waals surface area contributed by atoms with Crippen LogP contribution in [0, 0.1) is 0 Å². The van der Waals surface area contributed by atoms with E-state index in [0.29, 0.717) is 5.56 Å². The van der Waals surface area contributed by atoms with Crippen molar-refractivity contribution in [1.29, 1.82) is 0 Å². The number of hydrogen-bond donors (Lipinski definition) is 1. The number of hydrogen-bond acceptors (Lipinski definition) is 4. The fourth-order valence-electron chi connectivity index (χ4n) is 3.43. The van der Waals surface area contributed by atoms with Crippen LogP contribution in [0.4, 0.5) is 5.82 Å². The highest BCUT2D eigenvalue weighted by molar-refractivity contribution is 6.01. The summed E-state index contributed by atoms with van der Waals surface area (Å²) in [4.78, 5) is 19.2. The van der Waals surface area contributed by atoms with Gasteiger partial charge in [-0.1, -0.05) is 13.8 Å². The molecule has 2 N–H and O–H groups in total. The van der Waals surface area contributed by atoms with Crippen molar-refractivity contribution >= 4 is 11.7 Å². The maximum atomic E-state index is 12.3. The van der Waals surface area contributed by atoms with Crippen LogP contribution in [0.2, 0.25) is 0 Å². The SMILES string of the molecule is CCC(C)c1c(-c2cnn(C)c2)cnc(N2CCCC2)c1C(N)=O. The smallest absolute Gasteiger partial charge is 0.252 e. The molecule has 128 valence electrons. The molecule has 2 aromatic rings. The molecule has 1 unspecified atom stereocenters. The molecule has 1 aliphatic rings. The zero-order valence-corrected chi connectivity index (χ0v) is 14.6. The number of amides is 1. The molecule has 0 radical (unpaired) electrons. The second-order valence-electron chi connectivity index (χ2n) is 6.55. The Morgan fingerprint density at radius 3 is 2.58 bits per heavy atom. The first kappa shape index (κ1) is 16.5. The van der Waals surface area contributed by atoms with E-state index in [0.717, 1.165) is 54.9 Å². The Labute approximate surface area is 142 Å². The first-order valence-electron chi connectivity index (χ1n) is 8.59. The van der Waals surface area contributed by atoms with Crippen LogP contribution < -0.4 is 10.6 Å². The average Bonchev–Trinajstić information content (AvgIpc) is 3.24. The minimum absolute atomic E-state index is 0.215. The van der Waals surface area contributed by atoms with Gasteiger partial charge in [0.1, 0.15) is 5.82 Å². The van der Waals surface area contributed by atoms with E-state index in [1.807, 2.05) is 25.6 Å². The minimum atomic E-state index is -0.398. The van der Waals surface area contributed by atoms with Crippen LogP contribution in [0.5, 0.6) is 0 Å². The van der Waals surface area contributed by atoms with Crippen LogP contribution in [0.25, 0.3) is 11.1 Å². The number of nitrogens with two attached hydrogens (primary N) is 1. The standard InChI is InChI=1S/C18H25N5O/c1-4-12(2)15-14(13-9-21-22(3)11-13)10-20-18(16(15)17(19)24)23-7-5-6-8-23/h9-12H,4-8H2,1-3H3,(H2,19,24). The van der Waals surface area contributed by atoms with Gasteiger partial charge in [-0.05, 0) is 30.7 Å². The molecule has 0 aliphatic carbocycles. The zero-order valence-electron chi connectivity index (χ0n) is 14.6. The second-order valence-corrected chi connectivity index (χ2v) is 6.55. The topological polar surface area (TPSA) is 77.0 Å². The third-order valence-electron chi connectivity index (χ3n) is 4.87. The molecule has 3 heterocycles. The maximum absolute atomic E-state index is 12.3. The molecular formula is C18H25N5O. The van der Waals surface area contributed by atoms with Crippen molar-refractivity contribution in [3.8, 4) is 11.1 Å². The van der Waals surface area contributed by atoms with Crippen molar-refractivity contribution in [2.24, 2.45) is 12.8 Å². The van der Waals surface area contributed by atoms with Crippen LogP contribution in [-0.2, 0) is 7.05 Å². The molecule has 2 aromatic heterocycles. The molecule has 1 aliphatic heterocycles. The fourth-order valence-corrected chi connectivity index (χ4v) is 3.43. The number of nitrogens with zero attached hydrogens (tertiary/aromatic N) is 4. The molecule has 1 amide bonds. The van der Waals surface area contributed by atoms with Gasteiger partial charge in [-0.25, -0.2) is 4.98 Å². The number of aromatic nitrogens is 3. The lowest BCUT2D eigenvalue weighted by molar-refractivity contribution is 0.0999.